The van der Waals surface area contributed by atoms with E-state index in [1.54, 1.807) is 12.1 Å². The molecular weight excluding hydrogens is 248 g/mol. The Bertz CT molecular complexity index is 325. The van der Waals surface area contributed by atoms with Crippen molar-refractivity contribution < 1.29 is 8.78 Å². The van der Waals surface area contributed by atoms with Crippen molar-refractivity contribution in [2.75, 3.05) is 0 Å². The first-order valence-corrected chi connectivity index (χ1v) is 4.99. The van der Waals surface area contributed by atoms with Gasteiger partial charge in [-0.15, -0.1) is 11.3 Å². The zero-order valence-corrected chi connectivity index (χ0v) is 8.38. The van der Waals surface area contributed by atoms with Gasteiger partial charge in [-0.1, -0.05) is 0 Å². The fourth-order valence-electron chi connectivity index (χ4n) is 1.13. The maximum absolute atomic E-state index is 12.7. The number of rotatable bonds is 1. The molecule has 1 aliphatic rings. The van der Waals surface area contributed by atoms with Gasteiger partial charge in [0.2, 0.25) is 0 Å². The first kappa shape index (κ1) is 8.59. The molecule has 1 saturated carbocycles. The summed E-state index contributed by atoms with van der Waals surface area (Å²) >= 11 is 4.48. The fraction of sp³-hybridized carbons (Fsp3) is 0.429. The van der Waals surface area contributed by atoms with Gasteiger partial charge >= 0.3 is 0 Å². The Hall–Kier alpha value is -0.0000000000000000833. The second-order valence-corrected chi connectivity index (χ2v) is 5.42. The third-order valence-electron chi connectivity index (χ3n) is 2.04. The van der Waals surface area contributed by atoms with E-state index in [0.29, 0.717) is 4.88 Å². The third-order valence-corrected chi connectivity index (χ3v) is 3.84. The quantitative estimate of drug-likeness (QED) is 0.819. The van der Waals surface area contributed by atoms with Crippen LogP contribution in [0.4, 0.5) is 8.78 Å². The summed E-state index contributed by atoms with van der Waals surface area (Å²) < 4.78 is 26.3. The summed E-state index contributed by atoms with van der Waals surface area (Å²) in [6, 6.07) is 3.39. The van der Waals surface area contributed by atoms with E-state index in [9.17, 15) is 8.78 Å². The number of hydrogen-bond acceptors (Lipinski definition) is 2. The van der Waals surface area contributed by atoms with Crippen molar-refractivity contribution >= 4 is 27.3 Å². The zero-order valence-electron chi connectivity index (χ0n) is 5.98. The number of thiophene rings is 1. The molecule has 1 heterocycles. The molecule has 0 bridgehead atoms. The second kappa shape index (κ2) is 2.27. The molecule has 2 N–H and O–H groups in total. The van der Waals surface area contributed by atoms with Gasteiger partial charge < -0.3 is 5.73 Å². The smallest absolute Gasteiger partial charge is 0.273 e. The number of nitrogens with two attached hydrogens (primary N) is 1. The molecule has 5 heteroatoms. The highest BCUT2D eigenvalue weighted by atomic mass is 79.9. The first-order chi connectivity index (χ1) is 5.46. The highest BCUT2D eigenvalue weighted by Gasteiger charge is 2.70. The minimum absolute atomic E-state index is 0.229. The third kappa shape index (κ3) is 1.03. The molecule has 0 spiro atoms. The van der Waals surface area contributed by atoms with Gasteiger partial charge in [0.05, 0.1) is 3.79 Å². The fourth-order valence-corrected chi connectivity index (χ4v) is 2.67. The molecule has 1 aliphatic carbocycles. The van der Waals surface area contributed by atoms with Crippen LogP contribution in [0.5, 0.6) is 0 Å². The predicted molar refractivity (Wildman–Crippen MR) is 47.4 cm³/mol. The van der Waals surface area contributed by atoms with Crippen LogP contribution in [0.2, 0.25) is 0 Å². The Kier molecular flexibility index (Phi) is 1.63. The molecule has 1 aromatic heterocycles. The minimum Gasteiger partial charge on any atom is -0.316 e. The molecule has 1 aromatic rings. The van der Waals surface area contributed by atoms with Crippen LogP contribution >= 0.6 is 27.3 Å². The Balaban J connectivity index is 2.34. The Morgan fingerprint density at radius 2 is 2.08 bits per heavy atom. The molecule has 2 rings (SSSR count). The lowest BCUT2D eigenvalue weighted by Crippen LogP contribution is -2.25. The highest BCUT2D eigenvalue weighted by molar-refractivity contribution is 9.11. The Morgan fingerprint density at radius 1 is 1.50 bits per heavy atom. The van der Waals surface area contributed by atoms with Crippen LogP contribution < -0.4 is 5.73 Å². The van der Waals surface area contributed by atoms with Gasteiger partial charge in [0.15, 0.2) is 0 Å². The van der Waals surface area contributed by atoms with Crippen LogP contribution in [0.15, 0.2) is 15.9 Å². The van der Waals surface area contributed by atoms with Crippen LogP contribution in [0.25, 0.3) is 0 Å². The van der Waals surface area contributed by atoms with Gasteiger partial charge in [0.1, 0.15) is 5.54 Å². The van der Waals surface area contributed by atoms with E-state index in [1.165, 1.54) is 11.3 Å². The monoisotopic (exact) mass is 253 g/mol. The lowest BCUT2D eigenvalue weighted by molar-refractivity contribution is 0.0899. The van der Waals surface area contributed by atoms with E-state index < -0.39 is 11.5 Å². The van der Waals surface area contributed by atoms with E-state index in [-0.39, 0.29) is 6.42 Å². The van der Waals surface area contributed by atoms with E-state index in [0.717, 1.165) is 3.79 Å². The molecule has 12 heavy (non-hydrogen) atoms. The van der Waals surface area contributed by atoms with Crippen LogP contribution in [-0.4, -0.2) is 5.92 Å². The Labute approximate surface area is 80.7 Å². The average Bonchev–Trinajstić information content (AvgIpc) is 2.37. The topological polar surface area (TPSA) is 26.0 Å². The van der Waals surface area contributed by atoms with Crippen molar-refractivity contribution in [3.8, 4) is 0 Å². The predicted octanol–water partition coefficient (Wildman–Crippen LogP) is 2.70. The van der Waals surface area contributed by atoms with Crippen LogP contribution in [0.1, 0.15) is 11.3 Å². The summed E-state index contributed by atoms with van der Waals surface area (Å²) in [5, 5.41) is 0. The zero-order chi connectivity index (χ0) is 8.98. The molecule has 0 aromatic carbocycles. The van der Waals surface area contributed by atoms with Gasteiger partial charge in [0, 0.05) is 11.3 Å². The molecule has 1 unspecified atom stereocenters. The van der Waals surface area contributed by atoms with E-state index in [1.807, 2.05) is 0 Å². The van der Waals surface area contributed by atoms with Crippen LogP contribution in [-0.2, 0) is 5.54 Å². The van der Waals surface area contributed by atoms with Gasteiger partial charge in [-0.2, -0.15) is 0 Å². The molecule has 1 nitrogen and oxygen atoms in total. The van der Waals surface area contributed by atoms with Crippen LogP contribution in [0.3, 0.4) is 0 Å². The summed E-state index contributed by atoms with van der Waals surface area (Å²) in [7, 11) is 0. The molecule has 0 radical (unpaired) electrons. The van der Waals surface area contributed by atoms with Crippen LogP contribution in [0, 0.1) is 0 Å². The maximum atomic E-state index is 12.7. The molecule has 1 atom stereocenters. The molecule has 0 aliphatic heterocycles. The lowest BCUT2D eigenvalue weighted by atomic mass is 10.2. The minimum atomic E-state index is -2.71. The van der Waals surface area contributed by atoms with Gasteiger partial charge in [-0.05, 0) is 28.1 Å². The van der Waals surface area contributed by atoms with Crippen molar-refractivity contribution in [1.29, 1.82) is 0 Å². The Morgan fingerprint density at radius 3 is 2.42 bits per heavy atom. The summed E-state index contributed by atoms with van der Waals surface area (Å²) in [5.74, 6) is -2.71. The van der Waals surface area contributed by atoms with Crippen molar-refractivity contribution in [3.05, 3.63) is 20.8 Å². The summed E-state index contributed by atoms with van der Waals surface area (Å²) in [6.07, 6.45) is -0.229. The highest BCUT2D eigenvalue weighted by Crippen LogP contribution is 2.59. The summed E-state index contributed by atoms with van der Waals surface area (Å²) in [5.41, 5.74) is 4.11. The van der Waals surface area contributed by atoms with E-state index in [4.69, 9.17) is 5.73 Å². The van der Waals surface area contributed by atoms with Crippen molar-refractivity contribution in [1.82, 2.24) is 0 Å². The van der Waals surface area contributed by atoms with Gasteiger partial charge in [-0.25, -0.2) is 8.78 Å². The normalized spacial score (nSPS) is 32.0. The van der Waals surface area contributed by atoms with E-state index in [2.05, 4.69) is 15.9 Å². The maximum Gasteiger partial charge on any atom is 0.273 e. The molecular formula is C7H6BrF2NS. The SMILES string of the molecule is NC1(c2ccc(Br)s2)CC1(F)F. The second-order valence-electron chi connectivity index (χ2n) is 2.96. The standard InChI is InChI=1S/C7H6BrF2NS/c8-5-2-1-4(12-5)6(11)3-7(6,9)10/h1-2H,3,11H2. The van der Waals surface area contributed by atoms with Crippen molar-refractivity contribution in [2.45, 2.75) is 17.9 Å². The molecule has 66 valence electrons. The summed E-state index contributed by atoms with van der Waals surface area (Å²) in [6.45, 7) is 0. The largest absolute Gasteiger partial charge is 0.316 e. The average molecular weight is 254 g/mol. The number of hydrogen-bond donors (Lipinski definition) is 1. The van der Waals surface area contributed by atoms with Crippen molar-refractivity contribution in [3.63, 3.8) is 0 Å². The van der Waals surface area contributed by atoms with E-state index >= 15 is 0 Å². The van der Waals surface area contributed by atoms with Gasteiger partial charge in [0.25, 0.3) is 5.92 Å². The van der Waals surface area contributed by atoms with Crippen molar-refractivity contribution in [2.24, 2.45) is 5.73 Å². The summed E-state index contributed by atoms with van der Waals surface area (Å²) in [4.78, 5) is 0.555. The molecule has 0 saturated heterocycles. The molecule has 1 fully saturated rings. The first-order valence-electron chi connectivity index (χ1n) is 3.38. The number of halogens is 3. The lowest BCUT2D eigenvalue weighted by Gasteiger charge is -2.05. The molecule has 0 amide bonds. The number of alkyl halides is 2. The van der Waals surface area contributed by atoms with Gasteiger partial charge in [-0.3, -0.25) is 0 Å².